The van der Waals surface area contributed by atoms with Gasteiger partial charge in [0.2, 0.25) is 15.9 Å². The van der Waals surface area contributed by atoms with Gasteiger partial charge in [0.05, 0.1) is 11.9 Å². The molecule has 1 amide bonds. The minimum absolute atomic E-state index is 0. The van der Waals surface area contributed by atoms with Gasteiger partial charge in [-0.05, 0) is 30.9 Å². The molecular formula is C17H23ClN4O3S2. The number of thiazole rings is 1. The van der Waals surface area contributed by atoms with E-state index < -0.39 is 10.0 Å². The van der Waals surface area contributed by atoms with Crippen LogP contribution in [0.25, 0.3) is 11.3 Å². The van der Waals surface area contributed by atoms with Crippen LogP contribution in [0.5, 0.6) is 0 Å². The molecule has 0 bridgehead atoms. The molecule has 0 aliphatic heterocycles. The van der Waals surface area contributed by atoms with Gasteiger partial charge in [0, 0.05) is 29.1 Å². The van der Waals surface area contributed by atoms with Crippen LogP contribution in [0.4, 0.5) is 10.8 Å². The highest BCUT2D eigenvalue weighted by Crippen LogP contribution is 2.29. The molecule has 2 aromatic rings. The number of nitrogens with zero attached hydrogens (tertiary/aromatic N) is 1. The van der Waals surface area contributed by atoms with Crippen molar-refractivity contribution in [3.05, 3.63) is 29.6 Å². The smallest absolute Gasteiger partial charge is 0.229 e. The number of carbonyl (C=O) groups is 1. The summed E-state index contributed by atoms with van der Waals surface area (Å²) in [5.74, 6) is 0.199. The zero-order valence-electron chi connectivity index (χ0n) is 14.8. The zero-order valence-corrected chi connectivity index (χ0v) is 17.3. The molecule has 0 spiro atoms. The summed E-state index contributed by atoms with van der Waals surface area (Å²) in [6, 6.07) is 7.04. The molecule has 1 aliphatic rings. The lowest BCUT2D eigenvalue weighted by Crippen LogP contribution is -2.28. The third-order valence-corrected chi connectivity index (χ3v) is 5.76. The van der Waals surface area contributed by atoms with Gasteiger partial charge in [-0.1, -0.05) is 18.6 Å². The molecule has 2 atom stereocenters. The molecule has 1 fully saturated rings. The van der Waals surface area contributed by atoms with Gasteiger partial charge in [0.25, 0.3) is 0 Å². The second-order valence-electron chi connectivity index (χ2n) is 6.60. The number of rotatable bonds is 6. The fraction of sp³-hybridized carbons (Fsp3) is 0.412. The van der Waals surface area contributed by atoms with Crippen molar-refractivity contribution >= 4 is 50.5 Å². The lowest BCUT2D eigenvalue weighted by molar-refractivity contribution is -0.117. The summed E-state index contributed by atoms with van der Waals surface area (Å²) in [5.41, 5.74) is 8.09. The quantitative estimate of drug-likeness (QED) is 0.651. The lowest BCUT2D eigenvalue weighted by atomic mass is 10.00. The number of carbonyl (C=O) groups excluding carboxylic acids is 1. The van der Waals surface area contributed by atoms with E-state index in [1.807, 2.05) is 5.38 Å². The number of nitrogens with two attached hydrogens (primary N) is 1. The SMILES string of the molecule is CS(=O)(=O)Nc1ccc(-c2csc(NC(=O)C[C@@H]3CCC[C@H]3N)n2)cc1.Cl. The van der Waals surface area contributed by atoms with E-state index in [4.69, 9.17) is 5.73 Å². The molecule has 1 aliphatic carbocycles. The second kappa shape index (κ2) is 9.01. The fourth-order valence-electron chi connectivity index (χ4n) is 3.11. The van der Waals surface area contributed by atoms with E-state index in [1.54, 1.807) is 24.3 Å². The summed E-state index contributed by atoms with van der Waals surface area (Å²) in [6.45, 7) is 0. The maximum absolute atomic E-state index is 12.2. The normalized spacial score (nSPS) is 19.3. The fourth-order valence-corrected chi connectivity index (χ4v) is 4.41. The molecule has 1 saturated carbocycles. The van der Waals surface area contributed by atoms with Gasteiger partial charge < -0.3 is 11.1 Å². The van der Waals surface area contributed by atoms with Crippen molar-refractivity contribution < 1.29 is 13.2 Å². The van der Waals surface area contributed by atoms with Crippen molar-refractivity contribution in [1.82, 2.24) is 4.98 Å². The summed E-state index contributed by atoms with van der Waals surface area (Å²) >= 11 is 1.36. The molecule has 0 saturated heterocycles. The monoisotopic (exact) mass is 430 g/mol. The first kappa shape index (κ1) is 21.6. The number of aromatic nitrogens is 1. The molecule has 4 N–H and O–H groups in total. The Hall–Kier alpha value is -1.68. The van der Waals surface area contributed by atoms with Gasteiger partial charge in [-0.25, -0.2) is 13.4 Å². The Morgan fingerprint density at radius 3 is 2.59 bits per heavy atom. The third kappa shape index (κ3) is 6.17. The molecule has 1 aromatic carbocycles. The maximum atomic E-state index is 12.2. The van der Waals surface area contributed by atoms with Crippen LogP contribution in [-0.2, 0) is 14.8 Å². The number of hydrogen-bond donors (Lipinski definition) is 3. The summed E-state index contributed by atoms with van der Waals surface area (Å²) in [7, 11) is -3.30. The molecule has 0 radical (unpaired) electrons. The molecule has 3 rings (SSSR count). The standard InChI is InChI=1S/C17H22N4O3S2.ClH/c1-26(23,24)21-13-7-5-11(6-8-13)15-10-25-17(19-15)20-16(22)9-12-3-2-4-14(12)18;/h5-8,10,12,14,21H,2-4,9,18H2,1H3,(H,19,20,22);1H/t12-,14+;/m0./s1. The Kier molecular flexibility index (Phi) is 7.21. The molecule has 27 heavy (non-hydrogen) atoms. The number of benzene rings is 1. The number of nitrogens with one attached hydrogen (secondary N) is 2. The predicted octanol–water partition coefficient (Wildman–Crippen LogP) is 3.06. The van der Waals surface area contributed by atoms with E-state index in [9.17, 15) is 13.2 Å². The summed E-state index contributed by atoms with van der Waals surface area (Å²) < 4.78 is 24.9. The average molecular weight is 431 g/mol. The van der Waals surface area contributed by atoms with Crippen molar-refractivity contribution in [1.29, 1.82) is 0 Å². The Balaban J connectivity index is 0.00000261. The van der Waals surface area contributed by atoms with Crippen LogP contribution in [0.3, 0.4) is 0 Å². The van der Waals surface area contributed by atoms with Gasteiger partial charge in [-0.2, -0.15) is 0 Å². The molecule has 148 valence electrons. The minimum Gasteiger partial charge on any atom is -0.327 e. The van der Waals surface area contributed by atoms with Gasteiger partial charge in [-0.3, -0.25) is 9.52 Å². The first-order valence-corrected chi connectivity index (χ1v) is 11.2. The van der Waals surface area contributed by atoms with E-state index in [0.717, 1.165) is 36.8 Å². The van der Waals surface area contributed by atoms with Crippen LogP contribution < -0.4 is 15.8 Å². The first-order chi connectivity index (χ1) is 12.3. The molecule has 7 nitrogen and oxygen atoms in total. The Morgan fingerprint density at radius 2 is 2.00 bits per heavy atom. The van der Waals surface area contributed by atoms with Gasteiger partial charge in [-0.15, -0.1) is 23.7 Å². The molecule has 0 unspecified atom stereocenters. The summed E-state index contributed by atoms with van der Waals surface area (Å²) in [5, 5.41) is 5.25. The maximum Gasteiger partial charge on any atom is 0.229 e. The van der Waals surface area contributed by atoms with E-state index in [2.05, 4.69) is 15.0 Å². The molecule has 1 heterocycles. The number of amides is 1. The predicted molar refractivity (Wildman–Crippen MR) is 112 cm³/mol. The van der Waals surface area contributed by atoms with Crippen molar-refractivity contribution in [2.75, 3.05) is 16.3 Å². The highest BCUT2D eigenvalue weighted by molar-refractivity contribution is 7.92. The lowest BCUT2D eigenvalue weighted by Gasteiger charge is -2.13. The Morgan fingerprint density at radius 1 is 1.30 bits per heavy atom. The van der Waals surface area contributed by atoms with Crippen LogP contribution >= 0.6 is 23.7 Å². The largest absolute Gasteiger partial charge is 0.327 e. The minimum atomic E-state index is -3.30. The molecule has 10 heteroatoms. The van der Waals surface area contributed by atoms with Crippen LogP contribution in [0.15, 0.2) is 29.6 Å². The van der Waals surface area contributed by atoms with Crippen LogP contribution in [0.2, 0.25) is 0 Å². The first-order valence-electron chi connectivity index (χ1n) is 8.39. The average Bonchev–Trinajstić information content (AvgIpc) is 3.16. The van der Waals surface area contributed by atoms with Gasteiger partial charge in [0.15, 0.2) is 5.13 Å². The third-order valence-electron chi connectivity index (χ3n) is 4.40. The van der Waals surface area contributed by atoms with Gasteiger partial charge >= 0.3 is 0 Å². The van der Waals surface area contributed by atoms with Crippen LogP contribution in [0.1, 0.15) is 25.7 Å². The highest BCUT2D eigenvalue weighted by atomic mass is 35.5. The van der Waals surface area contributed by atoms with Crippen molar-refractivity contribution in [2.45, 2.75) is 31.7 Å². The zero-order chi connectivity index (χ0) is 18.7. The van der Waals surface area contributed by atoms with E-state index >= 15 is 0 Å². The van der Waals surface area contributed by atoms with E-state index in [1.165, 1.54) is 11.3 Å². The number of halogens is 1. The molecule has 1 aromatic heterocycles. The molecular weight excluding hydrogens is 408 g/mol. The van der Waals surface area contributed by atoms with E-state index in [-0.39, 0.29) is 30.3 Å². The topological polar surface area (TPSA) is 114 Å². The van der Waals surface area contributed by atoms with Gasteiger partial charge in [0.1, 0.15) is 0 Å². The second-order valence-corrected chi connectivity index (χ2v) is 9.20. The Labute approximate surface area is 169 Å². The van der Waals surface area contributed by atoms with Crippen molar-refractivity contribution in [2.24, 2.45) is 11.7 Å². The number of anilines is 2. The summed E-state index contributed by atoms with van der Waals surface area (Å²) in [6.07, 6.45) is 4.62. The Bertz CT molecular complexity index is 884. The number of sulfonamides is 1. The van der Waals surface area contributed by atoms with Crippen LogP contribution in [0, 0.1) is 5.92 Å². The van der Waals surface area contributed by atoms with E-state index in [0.29, 0.717) is 17.2 Å². The summed E-state index contributed by atoms with van der Waals surface area (Å²) in [4.78, 5) is 16.6. The van der Waals surface area contributed by atoms with Crippen molar-refractivity contribution in [3.63, 3.8) is 0 Å². The highest BCUT2D eigenvalue weighted by Gasteiger charge is 2.26. The number of hydrogen-bond acceptors (Lipinski definition) is 6. The van der Waals surface area contributed by atoms with Crippen molar-refractivity contribution in [3.8, 4) is 11.3 Å². The van der Waals surface area contributed by atoms with Crippen LogP contribution in [-0.4, -0.2) is 31.6 Å².